The average molecular weight is 130 g/mol. The van der Waals surface area contributed by atoms with E-state index in [0.717, 1.165) is 0 Å². The van der Waals surface area contributed by atoms with Crippen molar-refractivity contribution >= 4 is 5.91 Å². The fraction of sp³-hybridized carbons (Fsp3) is 0.667. The van der Waals surface area contributed by atoms with Gasteiger partial charge in [-0.3, -0.25) is 10.2 Å². The summed E-state index contributed by atoms with van der Waals surface area (Å²) in [6, 6.07) is 0. The smallest absolute Gasteiger partial charge is 0.288 e. The number of hydrogen-bond donors (Lipinski definition) is 2. The van der Waals surface area contributed by atoms with Crippen LogP contribution in [0.25, 0.3) is 0 Å². The number of nitrogens with zero attached hydrogens (tertiary/aromatic N) is 2. The van der Waals surface area contributed by atoms with E-state index in [1.807, 2.05) is 0 Å². The normalized spacial score (nSPS) is 8.00. The summed E-state index contributed by atoms with van der Waals surface area (Å²) < 4.78 is 0. The minimum absolute atomic E-state index is 0.00806. The van der Waals surface area contributed by atoms with Gasteiger partial charge in [0.25, 0.3) is 5.91 Å². The van der Waals surface area contributed by atoms with E-state index in [1.54, 1.807) is 0 Å². The first-order valence-electron chi connectivity index (χ1n) is 2.26. The van der Waals surface area contributed by atoms with Crippen molar-refractivity contribution in [3.05, 3.63) is 4.91 Å². The van der Waals surface area contributed by atoms with Gasteiger partial charge >= 0.3 is 0 Å². The Morgan fingerprint density at radius 3 is 2.78 bits per heavy atom. The molecule has 0 saturated heterocycles. The number of hydrogen-bond acceptors (Lipinski definition) is 4. The molecule has 0 aliphatic rings. The first-order chi connectivity index (χ1) is 4.31. The van der Waals surface area contributed by atoms with Gasteiger partial charge in [-0.1, -0.05) is 5.22 Å². The van der Waals surface area contributed by atoms with E-state index in [-0.39, 0.29) is 13.0 Å². The Kier molecular flexibility index (Phi) is 4.11. The van der Waals surface area contributed by atoms with E-state index in [0.29, 0.717) is 0 Å². The summed E-state index contributed by atoms with van der Waals surface area (Å²) in [5.74, 6) is -0.730. The first kappa shape index (κ1) is 7.67. The quantitative estimate of drug-likeness (QED) is 0.246. The molecule has 2 N–H and O–H groups in total. The molecule has 0 rings (SSSR count). The summed E-state index contributed by atoms with van der Waals surface area (Å²) in [6.07, 6.45) is -0.00806. The molecule has 0 radical (unpaired) electrons. The van der Waals surface area contributed by atoms with Crippen molar-refractivity contribution in [3.63, 3.8) is 0 Å². The van der Waals surface area contributed by atoms with E-state index in [9.17, 15) is 9.70 Å². The van der Waals surface area contributed by atoms with Crippen LogP contribution in [0.15, 0.2) is 10.4 Å². The van der Waals surface area contributed by atoms with E-state index in [1.165, 1.54) is 0 Å². The Hall–Kier alpha value is -1.33. The lowest BCUT2D eigenvalue weighted by molar-refractivity contribution is -0.117. The predicted octanol–water partition coefficient (Wildman–Crippen LogP) is 0.205. The highest BCUT2D eigenvalue weighted by Crippen LogP contribution is 1.80. The Balaban J connectivity index is 3.16. The fourth-order valence-corrected chi connectivity index (χ4v) is 0.264. The number of amides is 1. The summed E-state index contributed by atoms with van der Waals surface area (Å²) in [5.41, 5.74) is 8.38. The van der Waals surface area contributed by atoms with E-state index in [4.69, 9.17) is 5.53 Å². The maximum Gasteiger partial charge on any atom is 0.288 e. The molecule has 0 saturated carbocycles. The Bertz CT molecular complexity index is 123. The molecule has 0 aromatic carbocycles. The second kappa shape index (κ2) is 4.82. The number of nitrogens with one attached hydrogen (secondary N) is 2. The maximum atomic E-state index is 10.1. The third kappa shape index (κ3) is 4.52. The Morgan fingerprint density at radius 1 is 1.67 bits per heavy atom. The van der Waals surface area contributed by atoms with Crippen molar-refractivity contribution in [2.24, 2.45) is 10.4 Å². The van der Waals surface area contributed by atoms with Gasteiger partial charge < -0.3 is 0 Å². The summed E-state index contributed by atoms with van der Waals surface area (Å²) in [6.45, 7) is 0.189. The van der Waals surface area contributed by atoms with Crippen LogP contribution in [0.2, 0.25) is 0 Å². The SMILES string of the molecule is N=NNCCC(=O)N=O. The van der Waals surface area contributed by atoms with Gasteiger partial charge in [-0.15, -0.1) is 4.91 Å². The first-order valence-corrected chi connectivity index (χ1v) is 2.26. The molecule has 1 amide bonds. The third-order valence-electron chi connectivity index (χ3n) is 0.632. The van der Waals surface area contributed by atoms with E-state index < -0.39 is 5.91 Å². The van der Waals surface area contributed by atoms with Crippen molar-refractivity contribution in [2.75, 3.05) is 6.54 Å². The molecular weight excluding hydrogens is 124 g/mol. The number of carbonyl (C=O) groups excluding carboxylic acids is 1. The molecule has 0 spiro atoms. The zero-order valence-corrected chi connectivity index (χ0v) is 4.63. The van der Waals surface area contributed by atoms with Crippen LogP contribution in [0.1, 0.15) is 6.42 Å². The van der Waals surface area contributed by atoms with Crippen LogP contribution in [-0.2, 0) is 4.79 Å². The summed E-state index contributed by atoms with van der Waals surface area (Å²) in [7, 11) is 0. The van der Waals surface area contributed by atoms with Crippen molar-refractivity contribution in [1.82, 2.24) is 5.43 Å². The van der Waals surface area contributed by atoms with Crippen molar-refractivity contribution < 1.29 is 4.79 Å². The van der Waals surface area contributed by atoms with E-state index in [2.05, 4.69) is 15.8 Å². The summed E-state index contributed by atoms with van der Waals surface area (Å²) >= 11 is 0. The average Bonchev–Trinajstić information content (AvgIpc) is 1.89. The number of carbonyl (C=O) groups is 1. The Morgan fingerprint density at radius 2 is 2.33 bits per heavy atom. The van der Waals surface area contributed by atoms with Crippen LogP contribution in [0.5, 0.6) is 0 Å². The van der Waals surface area contributed by atoms with Crippen LogP contribution >= 0.6 is 0 Å². The molecule has 50 valence electrons. The van der Waals surface area contributed by atoms with Crippen molar-refractivity contribution in [2.45, 2.75) is 6.42 Å². The van der Waals surface area contributed by atoms with Gasteiger partial charge in [0.15, 0.2) is 0 Å². The van der Waals surface area contributed by atoms with Crippen LogP contribution in [0, 0.1) is 10.4 Å². The van der Waals surface area contributed by atoms with Gasteiger partial charge in [0, 0.05) is 11.7 Å². The van der Waals surface area contributed by atoms with Crippen molar-refractivity contribution in [3.8, 4) is 0 Å². The fourth-order valence-electron chi connectivity index (χ4n) is 0.264. The van der Waals surface area contributed by atoms with Crippen LogP contribution in [0.4, 0.5) is 0 Å². The molecule has 6 nitrogen and oxygen atoms in total. The van der Waals surface area contributed by atoms with Gasteiger partial charge in [0.1, 0.15) is 0 Å². The zero-order chi connectivity index (χ0) is 7.11. The van der Waals surface area contributed by atoms with Gasteiger partial charge in [-0.25, -0.2) is 0 Å². The lowest BCUT2D eigenvalue weighted by Gasteiger charge is -1.89. The van der Waals surface area contributed by atoms with Gasteiger partial charge in [0.2, 0.25) is 0 Å². The second-order valence-corrected chi connectivity index (χ2v) is 1.25. The number of rotatable bonds is 4. The zero-order valence-electron chi connectivity index (χ0n) is 4.63. The van der Waals surface area contributed by atoms with Crippen LogP contribution < -0.4 is 5.43 Å². The number of nitroso groups, excluding NO2 is 1. The van der Waals surface area contributed by atoms with Crippen LogP contribution in [0.3, 0.4) is 0 Å². The maximum absolute atomic E-state index is 10.1. The van der Waals surface area contributed by atoms with E-state index >= 15 is 0 Å². The molecule has 0 bridgehead atoms. The molecule has 6 heteroatoms. The van der Waals surface area contributed by atoms with Crippen molar-refractivity contribution in [1.29, 1.82) is 5.53 Å². The molecule has 0 atom stereocenters. The minimum atomic E-state index is -0.730. The lowest BCUT2D eigenvalue weighted by atomic mass is 10.4. The van der Waals surface area contributed by atoms with Gasteiger partial charge in [-0.05, 0) is 0 Å². The predicted molar refractivity (Wildman–Crippen MR) is 28.6 cm³/mol. The molecule has 0 aliphatic heterocycles. The largest absolute Gasteiger partial charge is 0.291 e. The molecule has 0 unspecified atom stereocenters. The van der Waals surface area contributed by atoms with Gasteiger partial charge in [0.05, 0.1) is 6.42 Å². The third-order valence-corrected chi connectivity index (χ3v) is 0.632. The molecule has 0 fully saturated rings. The molecular formula is C3H6N4O2. The standard InChI is InChI=1S/C3H6N4O2/c4-7-5-2-1-3(8)6-9/h1-2H2,(H2,4,5). The molecule has 0 aliphatic carbocycles. The summed E-state index contributed by atoms with van der Waals surface area (Å²) in [5, 5.41) is 4.87. The highest BCUT2D eigenvalue weighted by Gasteiger charge is 1.96. The molecule has 0 aromatic heterocycles. The summed E-state index contributed by atoms with van der Waals surface area (Å²) in [4.78, 5) is 19.5. The molecule has 0 aromatic rings. The molecule has 0 heterocycles. The van der Waals surface area contributed by atoms with Gasteiger partial charge in [-0.2, -0.15) is 5.53 Å². The Labute approximate surface area is 51.1 Å². The highest BCUT2D eigenvalue weighted by molar-refractivity contribution is 5.76. The topological polar surface area (TPSA) is 94.7 Å². The second-order valence-electron chi connectivity index (χ2n) is 1.25. The monoisotopic (exact) mass is 130 g/mol. The molecule has 9 heavy (non-hydrogen) atoms. The minimum Gasteiger partial charge on any atom is -0.291 e. The van der Waals surface area contributed by atoms with Crippen LogP contribution in [-0.4, -0.2) is 12.5 Å². The highest BCUT2D eigenvalue weighted by atomic mass is 16.3. The lowest BCUT2D eigenvalue weighted by Crippen LogP contribution is -2.09.